The van der Waals surface area contributed by atoms with E-state index in [2.05, 4.69) is 38.1 Å². The van der Waals surface area contributed by atoms with Gasteiger partial charge in [0.05, 0.1) is 0 Å². The van der Waals surface area contributed by atoms with Crippen LogP contribution in [0, 0.1) is 0 Å². The minimum atomic E-state index is 0.0394. The van der Waals surface area contributed by atoms with Crippen LogP contribution in [0.4, 0.5) is 5.82 Å². The Morgan fingerprint density at radius 3 is 2.83 bits per heavy atom. The van der Waals surface area contributed by atoms with Crippen molar-refractivity contribution >= 4 is 44.9 Å². The van der Waals surface area contributed by atoms with Crippen LogP contribution in [-0.2, 0) is 6.54 Å². The van der Waals surface area contributed by atoms with Crippen molar-refractivity contribution in [3.05, 3.63) is 56.6 Å². The number of hydrogen-bond donors (Lipinski definition) is 1. The van der Waals surface area contributed by atoms with Gasteiger partial charge < -0.3 is 10.2 Å². The number of nitrogens with zero attached hydrogens (tertiary/aromatic N) is 2. The number of rotatable bonds is 4. The number of halogens is 3. The first-order valence-corrected chi connectivity index (χ1v) is 9.06. The highest BCUT2D eigenvalue weighted by Gasteiger charge is 2.33. The average Bonchev–Trinajstić information content (AvgIpc) is 2.90. The van der Waals surface area contributed by atoms with Crippen molar-refractivity contribution in [1.82, 2.24) is 10.3 Å². The summed E-state index contributed by atoms with van der Waals surface area (Å²) in [6, 6.07) is 9.71. The van der Waals surface area contributed by atoms with Gasteiger partial charge in [-0.15, -0.1) is 0 Å². The fourth-order valence-electron chi connectivity index (χ4n) is 2.83. The van der Waals surface area contributed by atoms with Gasteiger partial charge in [-0.1, -0.05) is 29.3 Å². The highest BCUT2D eigenvalue weighted by molar-refractivity contribution is 9.10. The number of hydrogen-bond acceptors (Lipinski definition) is 3. The van der Waals surface area contributed by atoms with Crippen molar-refractivity contribution in [1.29, 1.82) is 0 Å². The smallest absolute Gasteiger partial charge is 0.128 e. The van der Waals surface area contributed by atoms with Crippen LogP contribution in [0.3, 0.4) is 0 Å². The first-order chi connectivity index (χ1) is 11.0. The van der Waals surface area contributed by atoms with E-state index in [9.17, 15) is 0 Å². The van der Waals surface area contributed by atoms with Gasteiger partial charge >= 0.3 is 0 Å². The summed E-state index contributed by atoms with van der Waals surface area (Å²) in [6.07, 6.45) is 2.90. The monoisotopic (exact) mass is 413 g/mol. The molecule has 23 heavy (non-hydrogen) atoms. The van der Waals surface area contributed by atoms with Gasteiger partial charge in [0.25, 0.3) is 0 Å². The highest BCUT2D eigenvalue weighted by Crippen LogP contribution is 2.27. The molecule has 0 radical (unpaired) electrons. The largest absolute Gasteiger partial charge is 0.355 e. The van der Waals surface area contributed by atoms with Crippen molar-refractivity contribution in [2.45, 2.75) is 25.4 Å². The molecule has 2 heterocycles. The van der Waals surface area contributed by atoms with E-state index in [0.29, 0.717) is 10.0 Å². The third-order valence-corrected chi connectivity index (χ3v) is 5.29. The molecule has 0 saturated carbocycles. The maximum absolute atomic E-state index is 6.25. The summed E-state index contributed by atoms with van der Waals surface area (Å²) in [5, 5.41) is 5.01. The maximum Gasteiger partial charge on any atom is 0.128 e. The van der Waals surface area contributed by atoms with Gasteiger partial charge in [0, 0.05) is 45.9 Å². The fraction of sp³-hybridized carbons (Fsp3) is 0.353. The Morgan fingerprint density at radius 1 is 1.30 bits per heavy atom. The molecule has 1 N–H and O–H groups in total. The standard InChI is InChI=1S/C17H18BrCl2N3/c1-17(22-9-12-2-4-14(19)8-15(12)20)6-7-23(11-17)16-5-3-13(18)10-21-16/h2-5,8,10,22H,6-7,9,11H2,1H3. The highest BCUT2D eigenvalue weighted by atomic mass is 79.9. The Balaban J connectivity index is 1.63. The lowest BCUT2D eigenvalue weighted by Gasteiger charge is -2.27. The van der Waals surface area contributed by atoms with E-state index in [1.54, 1.807) is 6.07 Å². The predicted octanol–water partition coefficient (Wildman–Crippen LogP) is 4.91. The molecule has 1 atom stereocenters. The Hall–Kier alpha value is -0.810. The van der Waals surface area contributed by atoms with Gasteiger partial charge in [-0.05, 0) is 59.1 Å². The van der Waals surface area contributed by atoms with E-state index in [1.807, 2.05) is 30.5 Å². The Labute approximate surface area is 155 Å². The van der Waals surface area contributed by atoms with E-state index in [4.69, 9.17) is 23.2 Å². The summed E-state index contributed by atoms with van der Waals surface area (Å²) >= 11 is 15.6. The number of pyridine rings is 1. The van der Waals surface area contributed by atoms with E-state index < -0.39 is 0 Å². The van der Waals surface area contributed by atoms with Gasteiger partial charge in [0.1, 0.15) is 5.82 Å². The third kappa shape index (κ3) is 4.18. The summed E-state index contributed by atoms with van der Waals surface area (Å²) in [7, 11) is 0. The second-order valence-electron chi connectivity index (χ2n) is 6.16. The van der Waals surface area contributed by atoms with Crippen LogP contribution in [-0.4, -0.2) is 23.6 Å². The van der Waals surface area contributed by atoms with Crippen molar-refractivity contribution in [3.63, 3.8) is 0 Å². The Bertz CT molecular complexity index is 693. The quantitative estimate of drug-likeness (QED) is 0.770. The van der Waals surface area contributed by atoms with E-state index in [0.717, 1.165) is 41.9 Å². The molecule has 3 nitrogen and oxygen atoms in total. The lowest BCUT2D eigenvalue weighted by molar-refractivity contribution is 0.389. The number of benzene rings is 1. The van der Waals surface area contributed by atoms with E-state index in [1.165, 1.54) is 0 Å². The first kappa shape index (κ1) is 17.0. The maximum atomic E-state index is 6.25. The van der Waals surface area contributed by atoms with Crippen molar-refractivity contribution < 1.29 is 0 Å². The lowest BCUT2D eigenvalue weighted by Crippen LogP contribution is -2.44. The summed E-state index contributed by atoms with van der Waals surface area (Å²) in [6.45, 7) is 4.89. The summed E-state index contributed by atoms with van der Waals surface area (Å²) in [4.78, 5) is 6.79. The van der Waals surface area contributed by atoms with Crippen LogP contribution < -0.4 is 10.2 Å². The van der Waals surface area contributed by atoms with Gasteiger partial charge in [0.15, 0.2) is 0 Å². The van der Waals surface area contributed by atoms with Crippen molar-refractivity contribution in [2.24, 2.45) is 0 Å². The van der Waals surface area contributed by atoms with E-state index in [-0.39, 0.29) is 5.54 Å². The summed E-state index contributed by atoms with van der Waals surface area (Å²) in [5.74, 6) is 1.02. The molecule has 1 fully saturated rings. The SMILES string of the molecule is CC1(NCc2ccc(Cl)cc2Cl)CCN(c2ccc(Br)cn2)C1. The second kappa shape index (κ2) is 6.98. The molecule has 1 aliphatic rings. The number of anilines is 1. The van der Waals surface area contributed by atoms with Crippen LogP contribution >= 0.6 is 39.1 Å². The van der Waals surface area contributed by atoms with E-state index >= 15 is 0 Å². The zero-order chi connectivity index (χ0) is 16.4. The van der Waals surface area contributed by atoms with Crippen LogP contribution in [0.25, 0.3) is 0 Å². The van der Waals surface area contributed by atoms with Crippen LogP contribution in [0.1, 0.15) is 18.9 Å². The second-order valence-corrected chi connectivity index (χ2v) is 7.92. The number of aromatic nitrogens is 1. The molecule has 1 aromatic carbocycles. The molecular weight excluding hydrogens is 397 g/mol. The average molecular weight is 415 g/mol. The zero-order valence-corrected chi connectivity index (χ0v) is 15.9. The summed E-state index contributed by atoms with van der Waals surface area (Å²) in [5.41, 5.74) is 1.11. The van der Waals surface area contributed by atoms with Crippen LogP contribution in [0.2, 0.25) is 10.0 Å². The molecule has 0 aliphatic carbocycles. The van der Waals surface area contributed by atoms with Crippen LogP contribution in [0.15, 0.2) is 41.0 Å². The third-order valence-electron chi connectivity index (χ3n) is 4.23. The molecule has 0 bridgehead atoms. The number of nitrogens with one attached hydrogen (secondary N) is 1. The summed E-state index contributed by atoms with van der Waals surface area (Å²) < 4.78 is 0.999. The molecule has 122 valence electrons. The molecule has 0 amide bonds. The fourth-order valence-corrected chi connectivity index (χ4v) is 3.54. The van der Waals surface area contributed by atoms with Gasteiger partial charge in [-0.25, -0.2) is 4.98 Å². The molecule has 0 spiro atoms. The molecule has 1 aliphatic heterocycles. The van der Waals surface area contributed by atoms with Gasteiger partial charge in [-0.3, -0.25) is 0 Å². The molecule has 1 unspecified atom stereocenters. The molecular formula is C17H18BrCl2N3. The minimum Gasteiger partial charge on any atom is -0.355 e. The molecule has 1 saturated heterocycles. The van der Waals surface area contributed by atoms with Gasteiger partial charge in [-0.2, -0.15) is 0 Å². The molecule has 3 rings (SSSR count). The Morgan fingerprint density at radius 2 is 2.13 bits per heavy atom. The zero-order valence-electron chi connectivity index (χ0n) is 12.8. The molecule has 1 aromatic heterocycles. The lowest BCUT2D eigenvalue weighted by atomic mass is 10.0. The first-order valence-electron chi connectivity index (χ1n) is 7.51. The molecule has 6 heteroatoms. The van der Waals surface area contributed by atoms with Gasteiger partial charge in [0.2, 0.25) is 0 Å². The minimum absolute atomic E-state index is 0.0394. The van der Waals surface area contributed by atoms with Crippen LogP contribution in [0.5, 0.6) is 0 Å². The Kier molecular flexibility index (Phi) is 5.16. The van der Waals surface area contributed by atoms with Crippen molar-refractivity contribution in [3.8, 4) is 0 Å². The normalized spacial score (nSPS) is 21.0. The molecule has 2 aromatic rings. The van der Waals surface area contributed by atoms with Crippen molar-refractivity contribution in [2.75, 3.05) is 18.0 Å². The topological polar surface area (TPSA) is 28.2 Å². The predicted molar refractivity (Wildman–Crippen MR) is 100 cm³/mol.